The average molecular weight is 310 g/mol. The van der Waals surface area contributed by atoms with Crippen LogP contribution >= 0.6 is 0 Å². The quantitative estimate of drug-likeness (QED) is 0.784. The van der Waals surface area contributed by atoms with Gasteiger partial charge in [-0.1, -0.05) is 42.5 Å². The van der Waals surface area contributed by atoms with E-state index in [1.54, 1.807) is 24.3 Å². The Bertz CT molecular complexity index is 620. The summed E-state index contributed by atoms with van der Waals surface area (Å²) >= 11 is 0. The highest BCUT2D eigenvalue weighted by molar-refractivity contribution is 5.32. The molecule has 0 bridgehead atoms. The van der Waals surface area contributed by atoms with Crippen molar-refractivity contribution >= 4 is 0 Å². The van der Waals surface area contributed by atoms with Crippen molar-refractivity contribution in [3.05, 3.63) is 71.3 Å². The van der Waals surface area contributed by atoms with Crippen LogP contribution in [-0.2, 0) is 6.42 Å². The highest BCUT2D eigenvalue weighted by Gasteiger charge is 2.13. The second-order valence-electron chi connectivity index (χ2n) is 5.51. The summed E-state index contributed by atoms with van der Waals surface area (Å²) in [7, 11) is 0. The van der Waals surface area contributed by atoms with Crippen molar-refractivity contribution in [2.45, 2.75) is 12.5 Å². The van der Waals surface area contributed by atoms with Gasteiger partial charge in [0, 0.05) is 19.6 Å². The van der Waals surface area contributed by atoms with Crippen LogP contribution in [0.2, 0.25) is 0 Å². The van der Waals surface area contributed by atoms with Gasteiger partial charge in [-0.15, -0.1) is 0 Å². The van der Waals surface area contributed by atoms with Crippen molar-refractivity contribution in [2.75, 3.05) is 26.2 Å². The molecule has 0 heterocycles. The summed E-state index contributed by atoms with van der Waals surface area (Å²) in [6.45, 7) is 1.83. The Morgan fingerprint density at radius 1 is 1.00 bits per heavy atom. The third-order valence-corrected chi connectivity index (χ3v) is 3.83. The van der Waals surface area contributed by atoms with Gasteiger partial charge in [-0.3, -0.25) is 4.90 Å². The Kier molecular flexibility index (Phi) is 6.76. The van der Waals surface area contributed by atoms with Gasteiger partial charge in [0.15, 0.2) is 0 Å². The second-order valence-corrected chi connectivity index (χ2v) is 5.51. The Hall–Kier alpha value is -2.19. The van der Waals surface area contributed by atoms with E-state index in [2.05, 4.69) is 23.1 Å². The van der Waals surface area contributed by atoms with Gasteiger partial charge in [0.1, 0.15) is 0 Å². The number of hydrogen-bond acceptors (Lipinski definition) is 4. The molecule has 0 aromatic heterocycles. The number of nitrogens with zero attached hydrogens (tertiary/aromatic N) is 2. The van der Waals surface area contributed by atoms with E-state index in [1.165, 1.54) is 5.56 Å². The predicted molar refractivity (Wildman–Crippen MR) is 89.8 cm³/mol. The molecule has 0 saturated carbocycles. The molecule has 4 nitrogen and oxygen atoms in total. The van der Waals surface area contributed by atoms with E-state index < -0.39 is 6.10 Å². The van der Waals surface area contributed by atoms with Crippen LogP contribution in [0.5, 0.6) is 0 Å². The van der Waals surface area contributed by atoms with E-state index in [0.29, 0.717) is 18.7 Å². The first-order valence-electron chi connectivity index (χ1n) is 7.78. The Balaban J connectivity index is 1.93. The molecule has 120 valence electrons. The summed E-state index contributed by atoms with van der Waals surface area (Å²) < 4.78 is 0. The molecule has 0 radical (unpaired) electrons. The fourth-order valence-corrected chi connectivity index (χ4v) is 2.50. The van der Waals surface area contributed by atoms with Gasteiger partial charge in [0.05, 0.1) is 24.3 Å². The molecule has 0 saturated heterocycles. The molecule has 0 aliphatic carbocycles. The zero-order chi connectivity index (χ0) is 16.5. The molecule has 0 aliphatic heterocycles. The second kappa shape index (κ2) is 9.06. The molecule has 0 amide bonds. The average Bonchev–Trinajstić information content (AvgIpc) is 2.61. The fraction of sp³-hybridized carbons (Fsp3) is 0.316. The van der Waals surface area contributed by atoms with Gasteiger partial charge >= 0.3 is 0 Å². The van der Waals surface area contributed by atoms with E-state index in [9.17, 15) is 10.2 Å². The monoisotopic (exact) mass is 310 g/mol. The SMILES string of the molecule is N#Cc1ccc(C(O)CN(CCO)CCc2ccccc2)cc1. The minimum absolute atomic E-state index is 0.0644. The summed E-state index contributed by atoms with van der Waals surface area (Å²) in [6.07, 6.45) is 0.242. The number of aliphatic hydroxyl groups is 2. The lowest BCUT2D eigenvalue weighted by Crippen LogP contribution is -2.33. The van der Waals surface area contributed by atoms with Crippen LogP contribution in [0.3, 0.4) is 0 Å². The summed E-state index contributed by atoms with van der Waals surface area (Å²) in [5, 5.41) is 28.4. The van der Waals surface area contributed by atoms with Gasteiger partial charge in [-0.05, 0) is 29.7 Å². The van der Waals surface area contributed by atoms with Crippen LogP contribution in [0.15, 0.2) is 54.6 Å². The van der Waals surface area contributed by atoms with E-state index in [-0.39, 0.29) is 6.61 Å². The van der Waals surface area contributed by atoms with Crippen molar-refractivity contribution in [3.63, 3.8) is 0 Å². The maximum atomic E-state index is 10.4. The zero-order valence-corrected chi connectivity index (χ0v) is 13.1. The Morgan fingerprint density at radius 2 is 1.70 bits per heavy atom. The first kappa shape index (κ1) is 17.2. The molecule has 1 atom stereocenters. The van der Waals surface area contributed by atoms with Crippen molar-refractivity contribution in [3.8, 4) is 6.07 Å². The van der Waals surface area contributed by atoms with Crippen LogP contribution in [-0.4, -0.2) is 41.4 Å². The zero-order valence-electron chi connectivity index (χ0n) is 13.1. The summed E-state index contributed by atoms with van der Waals surface area (Å²) in [4.78, 5) is 2.05. The summed E-state index contributed by atoms with van der Waals surface area (Å²) in [5.41, 5.74) is 2.60. The number of rotatable bonds is 8. The number of aliphatic hydroxyl groups excluding tert-OH is 2. The van der Waals surface area contributed by atoms with Gasteiger partial charge in [-0.2, -0.15) is 5.26 Å². The van der Waals surface area contributed by atoms with E-state index >= 15 is 0 Å². The minimum atomic E-state index is -0.634. The lowest BCUT2D eigenvalue weighted by atomic mass is 10.1. The third kappa shape index (κ3) is 5.50. The fourth-order valence-electron chi connectivity index (χ4n) is 2.50. The van der Waals surface area contributed by atoms with Crippen LogP contribution < -0.4 is 0 Å². The van der Waals surface area contributed by atoms with Gasteiger partial charge < -0.3 is 10.2 Å². The van der Waals surface area contributed by atoms with Crippen molar-refractivity contribution < 1.29 is 10.2 Å². The first-order valence-corrected chi connectivity index (χ1v) is 7.78. The van der Waals surface area contributed by atoms with Gasteiger partial charge in [-0.25, -0.2) is 0 Å². The van der Waals surface area contributed by atoms with Gasteiger partial charge in [0.2, 0.25) is 0 Å². The molecule has 2 rings (SSSR count). The van der Waals surface area contributed by atoms with Crippen LogP contribution in [0, 0.1) is 11.3 Å². The molecule has 0 fully saturated rings. The number of benzene rings is 2. The van der Waals surface area contributed by atoms with Crippen molar-refractivity contribution in [1.29, 1.82) is 5.26 Å². The molecule has 2 aromatic carbocycles. The molecule has 0 spiro atoms. The largest absolute Gasteiger partial charge is 0.395 e. The molecule has 1 unspecified atom stereocenters. The lowest BCUT2D eigenvalue weighted by Gasteiger charge is -2.24. The van der Waals surface area contributed by atoms with Crippen LogP contribution in [0.1, 0.15) is 22.8 Å². The molecule has 2 aromatic rings. The Morgan fingerprint density at radius 3 is 2.30 bits per heavy atom. The predicted octanol–water partition coefficient (Wildman–Crippen LogP) is 2.13. The molecule has 23 heavy (non-hydrogen) atoms. The molecule has 0 aliphatic rings. The number of nitriles is 1. The van der Waals surface area contributed by atoms with Crippen molar-refractivity contribution in [2.24, 2.45) is 0 Å². The van der Waals surface area contributed by atoms with E-state index in [1.807, 2.05) is 18.2 Å². The minimum Gasteiger partial charge on any atom is -0.395 e. The van der Waals surface area contributed by atoms with Crippen LogP contribution in [0.25, 0.3) is 0 Å². The standard InChI is InChI=1S/C19H22N2O2/c20-14-17-6-8-18(9-7-17)19(23)15-21(12-13-22)11-10-16-4-2-1-3-5-16/h1-9,19,22-23H,10-13,15H2. The molecule has 4 heteroatoms. The normalized spacial score (nSPS) is 12.1. The Labute approximate surface area is 137 Å². The summed E-state index contributed by atoms with van der Waals surface area (Å²) in [5.74, 6) is 0. The molecular formula is C19H22N2O2. The highest BCUT2D eigenvalue weighted by atomic mass is 16.3. The first-order chi connectivity index (χ1) is 11.2. The molecular weight excluding hydrogens is 288 g/mol. The molecule has 2 N–H and O–H groups in total. The highest BCUT2D eigenvalue weighted by Crippen LogP contribution is 2.15. The number of hydrogen-bond donors (Lipinski definition) is 2. The smallest absolute Gasteiger partial charge is 0.0991 e. The topological polar surface area (TPSA) is 67.5 Å². The third-order valence-electron chi connectivity index (χ3n) is 3.83. The van der Waals surface area contributed by atoms with Crippen molar-refractivity contribution in [1.82, 2.24) is 4.90 Å². The van der Waals surface area contributed by atoms with Crippen LogP contribution in [0.4, 0.5) is 0 Å². The lowest BCUT2D eigenvalue weighted by molar-refractivity contribution is 0.100. The van der Waals surface area contributed by atoms with E-state index in [0.717, 1.165) is 18.5 Å². The van der Waals surface area contributed by atoms with E-state index in [4.69, 9.17) is 5.26 Å². The van der Waals surface area contributed by atoms with Gasteiger partial charge in [0.25, 0.3) is 0 Å². The maximum absolute atomic E-state index is 10.4. The maximum Gasteiger partial charge on any atom is 0.0991 e. The summed E-state index contributed by atoms with van der Waals surface area (Å²) in [6, 6.07) is 19.2.